The van der Waals surface area contributed by atoms with E-state index >= 15 is 0 Å². The van der Waals surface area contributed by atoms with Crippen molar-refractivity contribution >= 4 is 51.5 Å². The van der Waals surface area contributed by atoms with Crippen LogP contribution in [-0.4, -0.2) is 69.7 Å². The Bertz CT molecular complexity index is 1220. The summed E-state index contributed by atoms with van der Waals surface area (Å²) < 4.78 is 37.6. The monoisotopic (exact) mass is 695 g/mol. The summed E-state index contributed by atoms with van der Waals surface area (Å²) in [4.78, 5) is 35.6. The predicted octanol–water partition coefficient (Wildman–Crippen LogP) is 8.76. The minimum Gasteiger partial charge on any atom is -0.407 e. The van der Waals surface area contributed by atoms with Gasteiger partial charge in [-0.2, -0.15) is 8.78 Å². The number of hydroxylamine groups is 2. The topological polar surface area (TPSA) is 90.8 Å². The molecule has 2 atom stereocenters. The second-order valence-electron chi connectivity index (χ2n) is 13.2. The summed E-state index contributed by atoms with van der Waals surface area (Å²) in [7, 11) is -0.914. The Balaban J connectivity index is 0.000000684. The minimum absolute atomic E-state index is 0.0155. The van der Waals surface area contributed by atoms with Crippen molar-refractivity contribution in [2.45, 2.75) is 104 Å². The number of rotatable bonds is 8. The molecule has 8 nitrogen and oxygen atoms in total. The molecule has 2 heterocycles. The zero-order chi connectivity index (χ0) is 34.8. The van der Waals surface area contributed by atoms with Crippen molar-refractivity contribution in [1.82, 2.24) is 15.0 Å². The third kappa shape index (κ3) is 13.7. The minimum atomic E-state index is -2.08. The summed E-state index contributed by atoms with van der Waals surface area (Å²) in [6.45, 7) is 24.5. The van der Waals surface area contributed by atoms with E-state index < -0.39 is 46.5 Å². The first-order valence-electron chi connectivity index (χ1n) is 14.1. The van der Waals surface area contributed by atoms with Gasteiger partial charge in [-0.1, -0.05) is 70.8 Å². The van der Waals surface area contributed by atoms with Crippen molar-refractivity contribution in [2.75, 3.05) is 14.2 Å². The molecular weight excluding hydrogens is 647 g/mol. The molecule has 0 bridgehead atoms. The highest BCUT2D eigenvalue weighted by atomic mass is 35.5. The normalized spacial score (nSPS) is 13.5. The number of carbonyl (C=O) groups is 2. The van der Waals surface area contributed by atoms with Crippen LogP contribution in [0.1, 0.15) is 65.7 Å². The first-order chi connectivity index (χ1) is 19.8. The van der Waals surface area contributed by atoms with Crippen molar-refractivity contribution in [3.8, 4) is 0 Å². The average Bonchev–Trinajstić information content (AvgIpc) is 2.86. The molecule has 0 saturated carbocycles. The zero-order valence-electron chi connectivity index (χ0n) is 28.4. The summed E-state index contributed by atoms with van der Waals surface area (Å²) in [5.74, 6) is -1.95. The van der Waals surface area contributed by atoms with Gasteiger partial charge in [-0.15, -0.1) is 0 Å². The molecule has 0 saturated heterocycles. The van der Waals surface area contributed by atoms with Crippen LogP contribution in [-0.2, 0) is 18.5 Å². The molecule has 0 unspecified atom stereocenters. The molecule has 0 radical (unpaired) electrons. The van der Waals surface area contributed by atoms with E-state index in [1.165, 1.54) is 42.5 Å². The first-order valence-corrected chi connectivity index (χ1v) is 20.7. The average molecular weight is 697 g/mol. The molecule has 0 aliphatic heterocycles. The van der Waals surface area contributed by atoms with E-state index in [2.05, 4.69) is 64.6 Å². The van der Waals surface area contributed by atoms with Gasteiger partial charge in [0.25, 0.3) is 5.91 Å². The highest BCUT2D eigenvalue weighted by Crippen LogP contribution is 2.38. The largest absolute Gasteiger partial charge is 0.407 e. The van der Waals surface area contributed by atoms with E-state index in [9.17, 15) is 18.4 Å². The molecule has 2 aromatic rings. The lowest BCUT2D eigenvalue weighted by Crippen LogP contribution is -2.47. The molecular formula is C30H49Cl2F2N3O5Si2. The van der Waals surface area contributed by atoms with Crippen molar-refractivity contribution in [1.29, 1.82) is 0 Å². The number of aromatic nitrogens is 2. The Morgan fingerprint density at radius 3 is 1.64 bits per heavy atom. The van der Waals surface area contributed by atoms with E-state index in [4.69, 9.17) is 36.9 Å². The second kappa shape index (κ2) is 17.2. The molecule has 0 aliphatic rings. The fraction of sp³-hybridized carbons (Fsp3) is 0.600. The van der Waals surface area contributed by atoms with Gasteiger partial charge in [0.1, 0.15) is 22.5 Å². The van der Waals surface area contributed by atoms with Gasteiger partial charge >= 0.3 is 0 Å². The van der Waals surface area contributed by atoms with Crippen molar-refractivity contribution in [3.63, 3.8) is 0 Å². The predicted molar refractivity (Wildman–Crippen MR) is 178 cm³/mol. The standard InChI is InChI=1S/C14H21ClFNO2Si.C11H25NO3Si.C5H3ClFN/c1-9(19-20(5,6)14(2,3)4)12(18)10-7-8-11(15)17-13(10)16;1-9(10(13)12(5)14-6)15-16(7,8)11(2,3)4;6-4-2-1-3-5(7)8-4/h7-9H,1-6H3;9H,1-8H3;1-3H/t2*9-;/m00./s1. The number of carbonyl (C=O) groups excluding carboxylic acids is 2. The van der Waals surface area contributed by atoms with Crippen LogP contribution in [0, 0.1) is 11.9 Å². The van der Waals surface area contributed by atoms with Crippen molar-refractivity contribution in [3.05, 3.63) is 58.1 Å². The number of nitrogens with zero attached hydrogens (tertiary/aromatic N) is 3. The maximum Gasteiger partial charge on any atom is 0.273 e. The van der Waals surface area contributed by atoms with Gasteiger partial charge in [0.15, 0.2) is 22.4 Å². The Labute approximate surface area is 274 Å². The molecule has 14 heteroatoms. The van der Waals surface area contributed by atoms with Crippen LogP contribution in [0.3, 0.4) is 0 Å². The summed E-state index contributed by atoms with van der Waals surface area (Å²) >= 11 is 10.9. The Kier molecular flexibility index (Phi) is 16.5. The molecule has 0 aliphatic carbocycles. The Morgan fingerprint density at radius 1 is 0.818 bits per heavy atom. The van der Waals surface area contributed by atoms with E-state index in [-0.39, 0.29) is 31.9 Å². The van der Waals surface area contributed by atoms with Gasteiger partial charge in [0.2, 0.25) is 11.9 Å². The summed E-state index contributed by atoms with van der Waals surface area (Å²) in [6.07, 6.45) is -1.15. The number of Topliss-reactive ketones (excluding diaryl/α,β-unsaturated/α-hetero) is 1. The molecule has 0 aromatic carbocycles. The molecule has 2 aromatic heterocycles. The van der Waals surface area contributed by atoms with Gasteiger partial charge in [0.05, 0.1) is 12.7 Å². The maximum atomic E-state index is 13.7. The SMILES string of the molecule is CON(C)C(=O)[C@H](C)O[Si](C)(C)C(C)(C)C.C[C@H](O[Si](C)(C)C(C)(C)C)C(=O)c1ccc(Cl)nc1F.Fc1cccc(Cl)n1. The highest BCUT2D eigenvalue weighted by Gasteiger charge is 2.41. The highest BCUT2D eigenvalue weighted by molar-refractivity contribution is 6.74. The molecule has 0 fully saturated rings. The first kappa shape index (κ1) is 42.2. The lowest BCUT2D eigenvalue weighted by Gasteiger charge is -2.38. The summed E-state index contributed by atoms with van der Waals surface area (Å²) in [5.41, 5.74) is -0.0828. The number of hydrogen-bond donors (Lipinski definition) is 0. The van der Waals surface area contributed by atoms with Crippen LogP contribution < -0.4 is 0 Å². The van der Waals surface area contributed by atoms with Crippen molar-refractivity contribution < 1.29 is 32.1 Å². The number of pyridine rings is 2. The van der Waals surface area contributed by atoms with Gasteiger partial charge < -0.3 is 8.85 Å². The quantitative estimate of drug-likeness (QED) is 0.118. The molecule has 250 valence electrons. The van der Waals surface area contributed by atoms with Crippen molar-refractivity contribution in [2.24, 2.45) is 0 Å². The lowest BCUT2D eigenvalue weighted by atomic mass is 10.1. The second-order valence-corrected chi connectivity index (χ2v) is 23.5. The Morgan fingerprint density at radius 2 is 1.27 bits per heavy atom. The Hall–Kier alpha value is -1.81. The molecule has 0 spiro atoms. The number of likely N-dealkylation sites (N-methyl/N-ethyl adjacent to an activating group) is 1. The van der Waals surface area contributed by atoms with Crippen LogP contribution >= 0.6 is 23.2 Å². The maximum absolute atomic E-state index is 13.7. The van der Waals surface area contributed by atoms with Gasteiger partial charge in [-0.3, -0.25) is 14.4 Å². The van der Waals surface area contributed by atoms with Gasteiger partial charge in [-0.05, 0) is 74.4 Å². The summed E-state index contributed by atoms with van der Waals surface area (Å²) in [5, 5.41) is 1.51. The fourth-order valence-electron chi connectivity index (χ4n) is 2.89. The number of hydrogen-bond acceptors (Lipinski definition) is 7. The zero-order valence-corrected chi connectivity index (χ0v) is 31.9. The van der Waals surface area contributed by atoms with E-state index in [0.29, 0.717) is 0 Å². The molecule has 0 N–H and O–H groups in total. The molecule has 44 heavy (non-hydrogen) atoms. The third-order valence-corrected chi connectivity index (χ3v) is 17.1. The lowest BCUT2D eigenvalue weighted by molar-refractivity contribution is -0.176. The van der Waals surface area contributed by atoms with E-state index in [0.717, 1.165) is 0 Å². The van der Waals surface area contributed by atoms with E-state index in [1.807, 2.05) is 13.1 Å². The van der Waals surface area contributed by atoms with Crippen LogP contribution in [0.25, 0.3) is 0 Å². The summed E-state index contributed by atoms with van der Waals surface area (Å²) in [6, 6.07) is 7.01. The van der Waals surface area contributed by atoms with Crippen LogP contribution in [0.5, 0.6) is 0 Å². The number of amides is 1. The van der Waals surface area contributed by atoms with Gasteiger partial charge in [-0.25, -0.2) is 15.0 Å². The van der Waals surface area contributed by atoms with Gasteiger partial charge in [0, 0.05) is 7.05 Å². The third-order valence-electron chi connectivity index (χ3n) is 7.62. The number of halogens is 4. The van der Waals surface area contributed by atoms with E-state index in [1.54, 1.807) is 20.9 Å². The molecule has 1 amide bonds. The molecule has 2 rings (SSSR count). The van der Waals surface area contributed by atoms with Crippen LogP contribution in [0.15, 0.2) is 30.3 Å². The fourth-order valence-corrected chi connectivity index (χ4v) is 5.86. The van der Waals surface area contributed by atoms with Crippen LogP contribution in [0.4, 0.5) is 8.78 Å². The smallest absolute Gasteiger partial charge is 0.273 e. The number of ketones is 1. The van der Waals surface area contributed by atoms with Crippen LogP contribution in [0.2, 0.25) is 46.6 Å².